The number of fused-ring (bicyclic) bond motifs is 1. The van der Waals surface area contributed by atoms with E-state index in [0.717, 1.165) is 17.8 Å². The van der Waals surface area contributed by atoms with Crippen LogP contribution in [0.3, 0.4) is 0 Å². The van der Waals surface area contributed by atoms with Crippen molar-refractivity contribution in [2.75, 3.05) is 4.90 Å². The van der Waals surface area contributed by atoms with Crippen LogP contribution in [0.4, 0.5) is 32.0 Å². The molecule has 0 bridgehead atoms. The van der Waals surface area contributed by atoms with Gasteiger partial charge in [0, 0.05) is 21.8 Å². The highest BCUT2D eigenvalue weighted by Gasteiger charge is 2.71. The minimum atomic E-state index is -6.00. The van der Waals surface area contributed by atoms with E-state index in [1.165, 1.54) is 4.90 Å². The first-order chi connectivity index (χ1) is 17.3. The van der Waals surface area contributed by atoms with Crippen LogP contribution in [0.5, 0.6) is 0 Å². The fourth-order valence-corrected chi connectivity index (χ4v) is 5.68. The van der Waals surface area contributed by atoms with Gasteiger partial charge < -0.3 is 10.0 Å². The Balaban J connectivity index is 1.85. The third-order valence-electron chi connectivity index (χ3n) is 6.61. The summed E-state index contributed by atoms with van der Waals surface area (Å²) in [4.78, 5) is 15.6. The Morgan fingerprint density at radius 2 is 1.32 bits per heavy atom. The summed E-state index contributed by atoms with van der Waals surface area (Å²) < 4.78 is 81.0. The van der Waals surface area contributed by atoms with Crippen molar-refractivity contribution in [3.05, 3.63) is 95.6 Å². The first-order valence-corrected chi connectivity index (χ1v) is 12.2. The molecule has 1 aliphatic heterocycles. The van der Waals surface area contributed by atoms with Gasteiger partial charge in [-0.05, 0) is 30.2 Å². The minimum Gasteiger partial charge on any atom is -0.369 e. The largest absolute Gasteiger partial charge is 0.430 e. The highest BCUT2D eigenvalue weighted by molar-refractivity contribution is 8.00. The van der Waals surface area contributed by atoms with E-state index in [1.54, 1.807) is 74.5 Å². The Hall–Kier alpha value is -2.98. The number of aliphatic hydroxyl groups is 1. The van der Waals surface area contributed by atoms with Crippen LogP contribution in [0.25, 0.3) is 0 Å². The fourth-order valence-electron chi connectivity index (χ4n) is 4.48. The molecule has 1 heterocycles. The van der Waals surface area contributed by atoms with Gasteiger partial charge in [-0.1, -0.05) is 73.7 Å². The first-order valence-electron chi connectivity index (χ1n) is 11.4. The maximum atomic E-state index is 14.1. The summed E-state index contributed by atoms with van der Waals surface area (Å²) in [6, 6.07) is 19.8. The van der Waals surface area contributed by atoms with Crippen LogP contribution < -0.4 is 4.90 Å². The molecule has 0 unspecified atom stereocenters. The van der Waals surface area contributed by atoms with Crippen molar-refractivity contribution in [1.82, 2.24) is 0 Å². The van der Waals surface area contributed by atoms with Crippen molar-refractivity contribution in [1.29, 1.82) is 0 Å². The average molecular weight is 540 g/mol. The summed E-state index contributed by atoms with van der Waals surface area (Å²) in [5.41, 5.74) is -4.83. The number of nitrogens with zero attached hydrogens (tertiary/aromatic N) is 1. The summed E-state index contributed by atoms with van der Waals surface area (Å²) >= 11 is 1.06. The van der Waals surface area contributed by atoms with Gasteiger partial charge in [-0.15, -0.1) is 11.8 Å². The molecule has 0 saturated carbocycles. The van der Waals surface area contributed by atoms with E-state index in [0.29, 0.717) is 23.3 Å². The summed E-state index contributed by atoms with van der Waals surface area (Å²) in [7, 11) is 0. The summed E-state index contributed by atoms with van der Waals surface area (Å²) in [5, 5.41) is 9.54. The predicted octanol–water partition coefficient (Wildman–Crippen LogP) is 7.05. The fraction of sp³-hybridized carbons (Fsp3) is 0.296. The number of amides is 1. The third kappa shape index (κ3) is 4.72. The van der Waals surface area contributed by atoms with Crippen molar-refractivity contribution >= 4 is 23.4 Å². The molecular formula is C27H23F6NO2S. The van der Waals surface area contributed by atoms with Gasteiger partial charge in [-0.3, -0.25) is 4.79 Å². The zero-order chi connectivity index (χ0) is 27.2. The smallest absolute Gasteiger partial charge is 0.369 e. The van der Waals surface area contributed by atoms with E-state index in [-0.39, 0.29) is 21.7 Å². The standard InChI is InChI=1S/C27H23F6NO2S/c1-16-17(2)37-22-15-20(25(36,26(28,29)30)27(31,32)33)13-14-21(22)34(16)24(35)23(18-9-5-3-6-10-18)19-11-7-4-8-12-19/h3-17,23,36H,1-2H3/t16-,17+/m1/s1. The lowest BCUT2D eigenvalue weighted by Crippen LogP contribution is -2.54. The molecule has 0 radical (unpaired) electrons. The molecular weight excluding hydrogens is 516 g/mol. The number of thioether (sulfide) groups is 1. The molecule has 0 aliphatic carbocycles. The van der Waals surface area contributed by atoms with E-state index in [2.05, 4.69) is 0 Å². The molecule has 0 spiro atoms. The second kappa shape index (κ2) is 9.72. The summed E-state index contributed by atoms with van der Waals surface area (Å²) in [6.45, 7) is 3.52. The van der Waals surface area contributed by atoms with E-state index in [9.17, 15) is 36.2 Å². The van der Waals surface area contributed by atoms with E-state index in [4.69, 9.17) is 0 Å². The van der Waals surface area contributed by atoms with Crippen LogP contribution in [0, 0.1) is 0 Å². The van der Waals surface area contributed by atoms with Gasteiger partial charge in [0.05, 0.1) is 11.6 Å². The van der Waals surface area contributed by atoms with Gasteiger partial charge in [0.15, 0.2) is 0 Å². The minimum absolute atomic E-state index is 0.0447. The van der Waals surface area contributed by atoms with Gasteiger partial charge in [-0.2, -0.15) is 26.3 Å². The number of carbonyl (C=O) groups is 1. The van der Waals surface area contributed by atoms with Crippen molar-refractivity contribution < 1.29 is 36.2 Å². The number of alkyl halides is 6. The van der Waals surface area contributed by atoms with Gasteiger partial charge >= 0.3 is 12.4 Å². The number of anilines is 1. The number of rotatable bonds is 4. The van der Waals surface area contributed by atoms with Crippen LogP contribution >= 0.6 is 11.8 Å². The molecule has 2 atom stereocenters. The van der Waals surface area contributed by atoms with Crippen molar-refractivity contribution in [3.63, 3.8) is 0 Å². The Kier molecular flexibility index (Phi) is 7.11. The highest BCUT2D eigenvalue weighted by Crippen LogP contribution is 2.52. The second-order valence-electron chi connectivity index (χ2n) is 8.91. The molecule has 1 aliphatic rings. The SMILES string of the molecule is C[C@@H]1Sc2cc(C(O)(C(F)(F)F)C(F)(F)F)ccc2N(C(=O)C(c2ccccc2)c2ccccc2)[C@@H]1C. The summed E-state index contributed by atoms with van der Waals surface area (Å²) in [5.74, 6) is -1.12. The molecule has 3 aromatic rings. The molecule has 1 amide bonds. The Morgan fingerprint density at radius 3 is 1.78 bits per heavy atom. The van der Waals surface area contributed by atoms with E-state index >= 15 is 0 Å². The number of carbonyl (C=O) groups excluding carboxylic acids is 1. The summed E-state index contributed by atoms with van der Waals surface area (Å²) in [6.07, 6.45) is -12.0. The molecule has 0 saturated heterocycles. The van der Waals surface area contributed by atoms with E-state index < -0.39 is 35.5 Å². The second-order valence-corrected chi connectivity index (χ2v) is 10.3. The zero-order valence-electron chi connectivity index (χ0n) is 19.7. The van der Waals surface area contributed by atoms with Crippen molar-refractivity contribution in [3.8, 4) is 0 Å². The van der Waals surface area contributed by atoms with Gasteiger partial charge in [0.25, 0.3) is 5.60 Å². The molecule has 4 rings (SSSR count). The van der Waals surface area contributed by atoms with Crippen LogP contribution in [-0.2, 0) is 10.4 Å². The predicted molar refractivity (Wildman–Crippen MR) is 129 cm³/mol. The quantitative estimate of drug-likeness (QED) is 0.362. The van der Waals surface area contributed by atoms with Gasteiger partial charge in [0.2, 0.25) is 5.91 Å². The average Bonchev–Trinajstić information content (AvgIpc) is 2.84. The first kappa shape index (κ1) is 27.1. The van der Waals surface area contributed by atoms with E-state index in [1.807, 2.05) is 0 Å². The molecule has 10 heteroatoms. The van der Waals surface area contributed by atoms with Crippen LogP contribution in [-0.4, -0.2) is 34.7 Å². The number of benzene rings is 3. The molecule has 0 aromatic heterocycles. The van der Waals surface area contributed by atoms with Crippen LogP contribution in [0.2, 0.25) is 0 Å². The Bertz CT molecular complexity index is 1210. The topological polar surface area (TPSA) is 40.5 Å². The van der Waals surface area contributed by atoms with Crippen molar-refractivity contribution in [2.24, 2.45) is 0 Å². The Labute approximate surface area is 214 Å². The van der Waals surface area contributed by atoms with Crippen molar-refractivity contribution in [2.45, 2.75) is 53.9 Å². The number of hydrogen-bond acceptors (Lipinski definition) is 3. The maximum absolute atomic E-state index is 14.1. The molecule has 196 valence electrons. The molecule has 1 N–H and O–H groups in total. The van der Waals surface area contributed by atoms with Crippen LogP contribution in [0.1, 0.15) is 36.5 Å². The molecule has 37 heavy (non-hydrogen) atoms. The molecule has 3 nitrogen and oxygen atoms in total. The number of hydrogen-bond donors (Lipinski definition) is 1. The van der Waals surface area contributed by atoms with Gasteiger partial charge in [0.1, 0.15) is 0 Å². The highest BCUT2D eigenvalue weighted by atomic mass is 32.2. The molecule has 0 fully saturated rings. The molecule has 3 aromatic carbocycles. The lowest BCUT2D eigenvalue weighted by molar-refractivity contribution is -0.376. The maximum Gasteiger partial charge on any atom is 0.430 e. The van der Waals surface area contributed by atoms with Crippen LogP contribution in [0.15, 0.2) is 83.8 Å². The lowest BCUT2D eigenvalue weighted by Gasteiger charge is -2.41. The Morgan fingerprint density at radius 1 is 0.838 bits per heavy atom. The number of halogens is 6. The third-order valence-corrected chi connectivity index (χ3v) is 7.95. The zero-order valence-corrected chi connectivity index (χ0v) is 20.5. The normalized spacial score (nSPS) is 18.6. The monoisotopic (exact) mass is 539 g/mol. The lowest BCUT2D eigenvalue weighted by atomic mass is 9.88. The van der Waals surface area contributed by atoms with Gasteiger partial charge in [-0.25, -0.2) is 0 Å².